The van der Waals surface area contributed by atoms with E-state index < -0.39 is 16.1 Å². The SMILES string of the molecule is Cc1ccc(C(=O)C2CCCN2S(=O)(=O)CCc2ccccc2)cc1. The van der Waals surface area contributed by atoms with Gasteiger partial charge in [-0.3, -0.25) is 4.79 Å². The maximum Gasteiger partial charge on any atom is 0.215 e. The molecule has 2 aromatic rings. The van der Waals surface area contributed by atoms with Gasteiger partial charge in [0.1, 0.15) is 0 Å². The molecule has 0 spiro atoms. The first-order chi connectivity index (χ1) is 12.0. The van der Waals surface area contributed by atoms with Crippen LogP contribution in [-0.4, -0.2) is 36.8 Å². The van der Waals surface area contributed by atoms with Gasteiger partial charge in [-0.2, -0.15) is 4.31 Å². The summed E-state index contributed by atoms with van der Waals surface area (Å²) in [4.78, 5) is 12.8. The summed E-state index contributed by atoms with van der Waals surface area (Å²) in [7, 11) is -3.46. The monoisotopic (exact) mass is 357 g/mol. The zero-order valence-corrected chi connectivity index (χ0v) is 15.2. The number of ketones is 1. The minimum Gasteiger partial charge on any atom is -0.292 e. The van der Waals surface area contributed by atoms with E-state index in [0.717, 1.165) is 17.5 Å². The largest absolute Gasteiger partial charge is 0.292 e. The number of benzene rings is 2. The van der Waals surface area contributed by atoms with Crippen molar-refractivity contribution < 1.29 is 13.2 Å². The van der Waals surface area contributed by atoms with E-state index in [-0.39, 0.29) is 11.5 Å². The van der Waals surface area contributed by atoms with Crippen molar-refractivity contribution in [2.45, 2.75) is 32.2 Å². The molecule has 1 fully saturated rings. The van der Waals surface area contributed by atoms with Crippen LogP contribution in [0.4, 0.5) is 0 Å². The summed E-state index contributed by atoms with van der Waals surface area (Å²) in [5, 5.41) is 0. The molecule has 0 radical (unpaired) electrons. The van der Waals surface area contributed by atoms with Crippen LogP contribution in [0, 0.1) is 6.92 Å². The zero-order chi connectivity index (χ0) is 17.9. The Bertz CT molecular complexity index is 829. The van der Waals surface area contributed by atoms with Gasteiger partial charge in [-0.1, -0.05) is 60.2 Å². The molecule has 0 bridgehead atoms. The van der Waals surface area contributed by atoms with Crippen molar-refractivity contribution in [1.82, 2.24) is 4.31 Å². The molecule has 0 saturated carbocycles. The van der Waals surface area contributed by atoms with E-state index in [2.05, 4.69) is 0 Å². The number of hydrogen-bond donors (Lipinski definition) is 0. The number of carbonyl (C=O) groups is 1. The molecule has 1 saturated heterocycles. The summed E-state index contributed by atoms with van der Waals surface area (Å²) in [6.07, 6.45) is 1.79. The lowest BCUT2D eigenvalue weighted by Crippen LogP contribution is -2.42. The maximum atomic E-state index is 12.8. The highest BCUT2D eigenvalue weighted by Gasteiger charge is 2.38. The lowest BCUT2D eigenvalue weighted by molar-refractivity contribution is 0.0918. The predicted molar refractivity (Wildman–Crippen MR) is 99.2 cm³/mol. The molecular formula is C20H23NO3S. The average molecular weight is 357 g/mol. The van der Waals surface area contributed by atoms with Crippen molar-refractivity contribution in [3.63, 3.8) is 0 Å². The van der Waals surface area contributed by atoms with Crippen LogP contribution in [0.1, 0.15) is 34.3 Å². The second-order valence-corrected chi connectivity index (χ2v) is 8.59. The third-order valence-electron chi connectivity index (χ3n) is 4.69. The topological polar surface area (TPSA) is 54.5 Å². The van der Waals surface area contributed by atoms with E-state index >= 15 is 0 Å². The van der Waals surface area contributed by atoms with E-state index in [1.165, 1.54) is 4.31 Å². The number of aryl methyl sites for hydroxylation is 2. The number of hydrogen-bond acceptors (Lipinski definition) is 3. The third-order valence-corrected chi connectivity index (χ3v) is 6.56. The summed E-state index contributed by atoms with van der Waals surface area (Å²) in [6, 6.07) is 16.3. The van der Waals surface area contributed by atoms with Gasteiger partial charge in [-0.15, -0.1) is 0 Å². The minimum absolute atomic E-state index is 0.0364. The molecule has 0 aliphatic carbocycles. The van der Waals surface area contributed by atoms with Crippen molar-refractivity contribution >= 4 is 15.8 Å². The molecule has 1 aliphatic rings. The van der Waals surface area contributed by atoms with Gasteiger partial charge in [-0.25, -0.2) is 8.42 Å². The smallest absolute Gasteiger partial charge is 0.215 e. The second kappa shape index (κ2) is 7.50. The van der Waals surface area contributed by atoms with Crippen LogP contribution < -0.4 is 0 Å². The van der Waals surface area contributed by atoms with Crippen molar-refractivity contribution in [2.75, 3.05) is 12.3 Å². The van der Waals surface area contributed by atoms with E-state index in [4.69, 9.17) is 0 Å². The van der Waals surface area contributed by atoms with Crippen LogP contribution in [-0.2, 0) is 16.4 Å². The van der Waals surface area contributed by atoms with Crippen LogP contribution in [0.25, 0.3) is 0 Å². The van der Waals surface area contributed by atoms with Crippen molar-refractivity contribution in [3.8, 4) is 0 Å². The molecule has 0 amide bonds. The fraction of sp³-hybridized carbons (Fsp3) is 0.350. The summed E-state index contributed by atoms with van der Waals surface area (Å²) in [6.45, 7) is 2.39. The van der Waals surface area contributed by atoms with Gasteiger partial charge in [-0.05, 0) is 31.7 Å². The third kappa shape index (κ3) is 4.17. The number of carbonyl (C=O) groups excluding carboxylic acids is 1. The van der Waals surface area contributed by atoms with E-state index in [1.807, 2.05) is 49.4 Å². The summed E-state index contributed by atoms with van der Waals surface area (Å²) < 4.78 is 27.0. The Balaban J connectivity index is 1.73. The number of rotatable bonds is 6. The lowest BCUT2D eigenvalue weighted by Gasteiger charge is -2.23. The summed E-state index contributed by atoms with van der Waals surface area (Å²) in [5.74, 6) is -0.0601. The molecule has 5 heteroatoms. The molecule has 2 aromatic carbocycles. The van der Waals surface area contributed by atoms with Gasteiger partial charge in [0.05, 0.1) is 11.8 Å². The molecule has 1 heterocycles. The quantitative estimate of drug-likeness (QED) is 0.746. The van der Waals surface area contributed by atoms with Crippen molar-refractivity contribution in [3.05, 3.63) is 71.3 Å². The van der Waals surface area contributed by atoms with Gasteiger partial charge in [0, 0.05) is 12.1 Å². The van der Waals surface area contributed by atoms with Crippen LogP contribution in [0.2, 0.25) is 0 Å². The minimum atomic E-state index is -3.46. The normalized spacial score (nSPS) is 18.4. The average Bonchev–Trinajstić information content (AvgIpc) is 3.12. The fourth-order valence-electron chi connectivity index (χ4n) is 3.25. The molecule has 25 heavy (non-hydrogen) atoms. The zero-order valence-electron chi connectivity index (χ0n) is 14.4. The maximum absolute atomic E-state index is 12.8. The molecule has 132 valence electrons. The molecule has 1 unspecified atom stereocenters. The summed E-state index contributed by atoms with van der Waals surface area (Å²) >= 11 is 0. The van der Waals surface area contributed by atoms with Crippen LogP contribution in [0.15, 0.2) is 54.6 Å². The van der Waals surface area contributed by atoms with Gasteiger partial charge in [0.2, 0.25) is 10.0 Å². The highest BCUT2D eigenvalue weighted by atomic mass is 32.2. The second-order valence-electron chi connectivity index (χ2n) is 6.55. The molecule has 0 aromatic heterocycles. The first-order valence-corrected chi connectivity index (χ1v) is 10.2. The Kier molecular flexibility index (Phi) is 5.35. The molecule has 0 N–H and O–H groups in total. The fourth-order valence-corrected chi connectivity index (χ4v) is 4.98. The molecule has 4 nitrogen and oxygen atoms in total. The van der Waals surface area contributed by atoms with Gasteiger partial charge < -0.3 is 0 Å². The first-order valence-electron chi connectivity index (χ1n) is 8.62. The Morgan fingerprint density at radius 3 is 2.44 bits per heavy atom. The standard InChI is InChI=1S/C20H23NO3S/c1-16-9-11-18(12-10-16)20(22)19-8-5-14-21(19)25(23,24)15-13-17-6-3-2-4-7-17/h2-4,6-7,9-12,19H,5,8,13-15H2,1H3. The highest BCUT2D eigenvalue weighted by Crippen LogP contribution is 2.25. The highest BCUT2D eigenvalue weighted by molar-refractivity contribution is 7.89. The van der Waals surface area contributed by atoms with Crippen molar-refractivity contribution in [2.24, 2.45) is 0 Å². The van der Waals surface area contributed by atoms with E-state index in [9.17, 15) is 13.2 Å². The van der Waals surface area contributed by atoms with Gasteiger partial charge in [0.25, 0.3) is 0 Å². The predicted octanol–water partition coefficient (Wildman–Crippen LogP) is 3.21. The Morgan fingerprint density at radius 2 is 1.76 bits per heavy atom. The number of sulfonamides is 1. The lowest BCUT2D eigenvalue weighted by atomic mass is 10.0. The van der Waals surface area contributed by atoms with Gasteiger partial charge in [0.15, 0.2) is 5.78 Å². The Morgan fingerprint density at radius 1 is 1.08 bits per heavy atom. The van der Waals surface area contributed by atoms with Crippen molar-refractivity contribution in [1.29, 1.82) is 0 Å². The molecular weight excluding hydrogens is 334 g/mol. The van der Waals surface area contributed by atoms with Gasteiger partial charge >= 0.3 is 0 Å². The number of Topliss-reactive ketones (excluding diaryl/α,β-unsaturated/α-hetero) is 1. The van der Waals surface area contributed by atoms with E-state index in [1.54, 1.807) is 12.1 Å². The van der Waals surface area contributed by atoms with Crippen LogP contribution in [0.5, 0.6) is 0 Å². The molecule has 3 rings (SSSR count). The Labute approximate surface area is 149 Å². The molecule has 1 aliphatic heterocycles. The summed E-state index contributed by atoms with van der Waals surface area (Å²) in [5.41, 5.74) is 2.66. The Hall–Kier alpha value is -1.98. The van der Waals surface area contributed by atoms with E-state index in [0.29, 0.717) is 24.9 Å². The van der Waals surface area contributed by atoms with Crippen LogP contribution >= 0.6 is 0 Å². The molecule has 1 atom stereocenters. The van der Waals surface area contributed by atoms with Crippen LogP contribution in [0.3, 0.4) is 0 Å². The number of nitrogens with zero attached hydrogens (tertiary/aromatic N) is 1. The first kappa shape index (κ1) is 17.8.